The summed E-state index contributed by atoms with van der Waals surface area (Å²) in [6, 6.07) is 16.1. The lowest BCUT2D eigenvalue weighted by Gasteiger charge is -2.22. The van der Waals surface area contributed by atoms with Gasteiger partial charge in [-0.05, 0) is 109 Å². The summed E-state index contributed by atoms with van der Waals surface area (Å²) >= 11 is 0. The Morgan fingerprint density at radius 1 is 0.565 bits per heavy atom. The Bertz CT molecular complexity index is 2720. The van der Waals surface area contributed by atoms with Crippen molar-refractivity contribution in [2.75, 3.05) is 66.3 Å². The van der Waals surface area contributed by atoms with E-state index < -0.39 is 5.97 Å². The maximum absolute atomic E-state index is 12.8. The van der Waals surface area contributed by atoms with Crippen molar-refractivity contribution in [3.8, 4) is 11.5 Å². The van der Waals surface area contributed by atoms with E-state index in [4.69, 9.17) is 33.5 Å². The summed E-state index contributed by atoms with van der Waals surface area (Å²) in [4.78, 5) is 41.4. The molecule has 0 spiro atoms. The number of aryl methyl sites for hydroxylation is 4. The van der Waals surface area contributed by atoms with Gasteiger partial charge in [0.05, 0.1) is 43.9 Å². The van der Waals surface area contributed by atoms with Gasteiger partial charge in [-0.2, -0.15) is 0 Å². The summed E-state index contributed by atoms with van der Waals surface area (Å²) in [6.45, 7) is 10.7. The Kier molecular flexibility index (Phi) is 13.1. The minimum absolute atomic E-state index is 0.0117. The van der Waals surface area contributed by atoms with Crippen molar-refractivity contribution in [2.45, 2.75) is 40.5 Å². The zero-order chi connectivity index (χ0) is 43.2. The van der Waals surface area contributed by atoms with Gasteiger partial charge in [-0.1, -0.05) is 0 Å². The standard InChI is InChI=1S/C48H51N5O9/c1-29-39-25-49-13-11-35(39)31(3)47-45(29)37-23-33(5-7-41(37)51-47)61-21-19-59-27-57-17-15-53(43(54)9-10-44(55)56)16-18-58-28-60-20-22-62-34-6-8-42-38(24-34)46-30(2)40-26-50-14-12-36(40)32(4)48(46)52-42/h5-8,11-14,23-26,51-52H,9-10,15-22,27-28H2,1-4H3,(H,55,56). The van der Waals surface area contributed by atoms with E-state index in [1.54, 1.807) is 0 Å². The second-order valence-electron chi connectivity index (χ2n) is 15.3. The van der Waals surface area contributed by atoms with Gasteiger partial charge in [0.15, 0.2) is 0 Å². The number of H-pyrrole nitrogens is 2. The van der Waals surface area contributed by atoms with E-state index in [1.807, 2.05) is 61.2 Å². The van der Waals surface area contributed by atoms with Crippen molar-refractivity contribution in [2.24, 2.45) is 0 Å². The number of nitrogens with zero attached hydrogens (tertiary/aromatic N) is 3. The first kappa shape index (κ1) is 42.4. The van der Waals surface area contributed by atoms with Crippen LogP contribution in [0.4, 0.5) is 0 Å². The monoisotopic (exact) mass is 841 g/mol. The van der Waals surface area contributed by atoms with Crippen LogP contribution in [-0.2, 0) is 28.5 Å². The molecule has 0 radical (unpaired) electrons. The molecule has 1 amide bonds. The van der Waals surface area contributed by atoms with Crippen LogP contribution in [-0.4, -0.2) is 108 Å². The van der Waals surface area contributed by atoms with Crippen molar-refractivity contribution < 1.29 is 43.1 Å². The summed E-state index contributed by atoms with van der Waals surface area (Å²) in [5.41, 5.74) is 9.03. The first-order valence-electron chi connectivity index (χ1n) is 20.8. The number of amides is 1. The number of rotatable bonds is 21. The van der Waals surface area contributed by atoms with Gasteiger partial charge in [0, 0.05) is 87.6 Å². The van der Waals surface area contributed by atoms with Crippen molar-refractivity contribution in [1.82, 2.24) is 24.8 Å². The van der Waals surface area contributed by atoms with Crippen LogP contribution in [0.25, 0.3) is 65.2 Å². The maximum atomic E-state index is 12.8. The highest BCUT2D eigenvalue weighted by molar-refractivity contribution is 6.17. The van der Waals surface area contributed by atoms with E-state index in [9.17, 15) is 9.59 Å². The lowest BCUT2D eigenvalue weighted by atomic mass is 9.97. The van der Waals surface area contributed by atoms with Gasteiger partial charge < -0.3 is 48.4 Å². The van der Waals surface area contributed by atoms with Gasteiger partial charge in [-0.25, -0.2) is 0 Å². The van der Waals surface area contributed by atoms with Gasteiger partial charge in [0.2, 0.25) is 5.91 Å². The average molecular weight is 842 g/mol. The summed E-state index contributed by atoms with van der Waals surface area (Å²) in [5.74, 6) is 0.139. The minimum Gasteiger partial charge on any atom is -0.491 e. The van der Waals surface area contributed by atoms with E-state index in [-0.39, 0.29) is 58.6 Å². The third-order valence-electron chi connectivity index (χ3n) is 11.5. The van der Waals surface area contributed by atoms with Gasteiger partial charge in [0.25, 0.3) is 0 Å². The predicted octanol–water partition coefficient (Wildman–Crippen LogP) is 8.42. The predicted molar refractivity (Wildman–Crippen MR) is 239 cm³/mol. The summed E-state index contributed by atoms with van der Waals surface area (Å²) in [5, 5.41) is 18.3. The molecule has 8 rings (SSSR count). The number of carboxylic acids is 1. The molecule has 322 valence electrons. The van der Waals surface area contributed by atoms with Crippen LogP contribution in [0.5, 0.6) is 11.5 Å². The van der Waals surface area contributed by atoms with E-state index in [1.165, 1.54) is 48.7 Å². The number of nitrogens with one attached hydrogen (secondary N) is 2. The number of aromatic nitrogens is 4. The van der Waals surface area contributed by atoms with Crippen molar-refractivity contribution in [1.29, 1.82) is 0 Å². The molecular weight excluding hydrogens is 791 g/mol. The van der Waals surface area contributed by atoms with Gasteiger partial charge in [0.1, 0.15) is 38.3 Å². The molecule has 14 nitrogen and oxygen atoms in total. The van der Waals surface area contributed by atoms with Crippen molar-refractivity contribution in [3.05, 3.63) is 95.6 Å². The quantitative estimate of drug-likeness (QED) is 0.0469. The van der Waals surface area contributed by atoms with Crippen LogP contribution >= 0.6 is 0 Å². The largest absolute Gasteiger partial charge is 0.491 e. The zero-order valence-corrected chi connectivity index (χ0v) is 35.5. The number of carbonyl (C=O) groups is 2. The molecule has 0 atom stereocenters. The van der Waals surface area contributed by atoms with E-state index >= 15 is 0 Å². The molecule has 4 heterocycles. The molecular formula is C48H51N5O9. The smallest absolute Gasteiger partial charge is 0.303 e. The summed E-state index contributed by atoms with van der Waals surface area (Å²) in [6.07, 6.45) is 7.11. The molecule has 0 aliphatic carbocycles. The number of hydrogen-bond acceptors (Lipinski definition) is 10. The van der Waals surface area contributed by atoms with E-state index in [2.05, 4.69) is 59.8 Å². The number of carbonyl (C=O) groups excluding carboxylic acids is 1. The SMILES string of the molecule is Cc1c2ccncc2c(C)c2c1[nH]c1ccc(OCCOCOCCN(CCOCOCCOc3ccc4[nH]c5c(C)c6ccncc6c(C)c5c4c3)C(=O)CCC(=O)O)cc12. The van der Waals surface area contributed by atoms with Crippen LogP contribution in [0.1, 0.15) is 35.1 Å². The highest BCUT2D eigenvalue weighted by Gasteiger charge is 2.18. The topological polar surface area (TPSA) is 170 Å². The Balaban J connectivity index is 0.740. The lowest BCUT2D eigenvalue weighted by molar-refractivity contribution is -0.142. The second-order valence-corrected chi connectivity index (χ2v) is 15.3. The molecule has 14 heteroatoms. The first-order chi connectivity index (χ1) is 30.2. The lowest BCUT2D eigenvalue weighted by Crippen LogP contribution is -2.37. The van der Waals surface area contributed by atoms with Crippen LogP contribution < -0.4 is 9.47 Å². The highest BCUT2D eigenvalue weighted by Crippen LogP contribution is 2.39. The maximum Gasteiger partial charge on any atom is 0.303 e. The number of aliphatic carboxylic acids is 1. The molecule has 0 aliphatic heterocycles. The Labute approximate surface area is 358 Å². The number of benzene rings is 4. The number of carboxylic acid groups (broad SMARTS) is 1. The molecule has 0 fully saturated rings. The fourth-order valence-corrected chi connectivity index (χ4v) is 8.32. The Hall–Kier alpha value is -6.32. The number of aromatic amines is 2. The molecule has 62 heavy (non-hydrogen) atoms. The molecule has 3 N–H and O–H groups in total. The highest BCUT2D eigenvalue weighted by atomic mass is 16.7. The average Bonchev–Trinajstić information content (AvgIpc) is 3.87. The zero-order valence-electron chi connectivity index (χ0n) is 35.5. The summed E-state index contributed by atoms with van der Waals surface area (Å²) in [7, 11) is 0. The third kappa shape index (κ3) is 9.00. The minimum atomic E-state index is -1.03. The first-order valence-corrected chi connectivity index (χ1v) is 20.8. The van der Waals surface area contributed by atoms with E-state index in [0.717, 1.165) is 55.1 Å². The number of hydrogen-bond donors (Lipinski definition) is 3. The molecule has 8 aromatic rings. The molecule has 0 saturated carbocycles. The van der Waals surface area contributed by atoms with Gasteiger partial charge in [-0.3, -0.25) is 19.6 Å². The third-order valence-corrected chi connectivity index (χ3v) is 11.5. The summed E-state index contributed by atoms with van der Waals surface area (Å²) < 4.78 is 34.6. The fourth-order valence-electron chi connectivity index (χ4n) is 8.32. The van der Waals surface area contributed by atoms with Gasteiger partial charge >= 0.3 is 5.97 Å². The number of ether oxygens (including phenoxy) is 6. The van der Waals surface area contributed by atoms with Crippen molar-refractivity contribution >= 4 is 77.0 Å². The Morgan fingerprint density at radius 2 is 1.03 bits per heavy atom. The fraction of sp³-hybridized carbons (Fsp3) is 0.333. The molecule has 4 aromatic carbocycles. The molecule has 0 unspecified atom stereocenters. The molecule has 0 aliphatic rings. The number of pyridine rings is 2. The van der Waals surface area contributed by atoms with Crippen LogP contribution in [0, 0.1) is 27.7 Å². The van der Waals surface area contributed by atoms with Crippen LogP contribution in [0.15, 0.2) is 73.3 Å². The number of fused-ring (bicyclic) bond motifs is 8. The van der Waals surface area contributed by atoms with E-state index in [0.29, 0.717) is 26.4 Å². The van der Waals surface area contributed by atoms with Gasteiger partial charge in [-0.15, -0.1) is 0 Å². The molecule has 0 bridgehead atoms. The van der Waals surface area contributed by atoms with Crippen molar-refractivity contribution in [3.63, 3.8) is 0 Å². The second kappa shape index (κ2) is 19.2. The van der Waals surface area contributed by atoms with Crippen LogP contribution in [0.3, 0.4) is 0 Å². The van der Waals surface area contributed by atoms with Crippen LogP contribution in [0.2, 0.25) is 0 Å². The Morgan fingerprint density at radius 3 is 1.50 bits per heavy atom. The molecule has 4 aromatic heterocycles. The normalized spacial score (nSPS) is 11.8. The molecule has 0 saturated heterocycles.